The molecule has 9 heteroatoms. The van der Waals surface area contributed by atoms with Gasteiger partial charge in [-0.25, -0.2) is 0 Å². The minimum absolute atomic E-state index is 0.0945. The van der Waals surface area contributed by atoms with Crippen LogP contribution in [-0.2, 0) is 14.1 Å². The van der Waals surface area contributed by atoms with Gasteiger partial charge in [0.25, 0.3) is 5.91 Å². The van der Waals surface area contributed by atoms with Gasteiger partial charge in [0.1, 0.15) is 6.04 Å². The first-order valence-electron chi connectivity index (χ1n) is 12.2. The summed E-state index contributed by atoms with van der Waals surface area (Å²) in [5.74, 6) is 6.06. The van der Waals surface area contributed by atoms with Crippen LogP contribution in [0.25, 0.3) is 0 Å². The summed E-state index contributed by atoms with van der Waals surface area (Å²) in [6.07, 6.45) is 4.09. The fraction of sp³-hybridized carbons (Fsp3) is 0.667. The van der Waals surface area contributed by atoms with Gasteiger partial charge in [0, 0.05) is 17.8 Å². The zero-order valence-corrected chi connectivity index (χ0v) is 20.0. The summed E-state index contributed by atoms with van der Waals surface area (Å²) >= 11 is 0. The van der Waals surface area contributed by atoms with Gasteiger partial charge < -0.3 is 25.0 Å². The van der Waals surface area contributed by atoms with Gasteiger partial charge in [0.15, 0.2) is 0 Å². The molecule has 3 saturated carbocycles. The van der Waals surface area contributed by atoms with Crippen molar-refractivity contribution in [3.8, 4) is 0 Å². The molecule has 5 fully saturated rings. The van der Waals surface area contributed by atoms with Gasteiger partial charge in [-0.15, -0.1) is 0 Å². The molecular formula is C24H35BN4O4. The van der Waals surface area contributed by atoms with Crippen LogP contribution in [0.4, 0.5) is 5.69 Å². The lowest BCUT2D eigenvalue weighted by Crippen LogP contribution is -2.65. The second-order valence-electron chi connectivity index (χ2n) is 11.0. The summed E-state index contributed by atoms with van der Waals surface area (Å²) in [6, 6.07) is 6.15. The Kier molecular flexibility index (Phi) is 5.50. The number of anilines is 1. The van der Waals surface area contributed by atoms with Crippen LogP contribution in [0.2, 0.25) is 0 Å². The van der Waals surface area contributed by atoms with Crippen LogP contribution in [0.5, 0.6) is 0 Å². The fourth-order valence-corrected chi connectivity index (χ4v) is 6.72. The van der Waals surface area contributed by atoms with Crippen LogP contribution >= 0.6 is 0 Å². The van der Waals surface area contributed by atoms with Gasteiger partial charge in [-0.1, -0.05) is 13.8 Å². The van der Waals surface area contributed by atoms with Crippen molar-refractivity contribution in [1.82, 2.24) is 10.2 Å². The second-order valence-corrected chi connectivity index (χ2v) is 11.0. The van der Waals surface area contributed by atoms with Crippen molar-refractivity contribution in [1.29, 1.82) is 0 Å². The molecule has 0 radical (unpaired) electrons. The molecule has 1 aromatic carbocycles. The van der Waals surface area contributed by atoms with Gasteiger partial charge in [0.2, 0.25) is 5.91 Å². The van der Waals surface area contributed by atoms with Crippen molar-refractivity contribution < 1.29 is 18.9 Å². The van der Waals surface area contributed by atoms with E-state index in [9.17, 15) is 9.59 Å². The zero-order chi connectivity index (χ0) is 23.5. The average Bonchev–Trinajstić information content (AvgIpc) is 3.42. The van der Waals surface area contributed by atoms with Crippen molar-refractivity contribution in [2.24, 2.45) is 23.1 Å². The van der Waals surface area contributed by atoms with Crippen LogP contribution in [0, 0.1) is 17.3 Å². The molecule has 0 aromatic heterocycles. The molecule has 6 rings (SSSR count). The quantitative estimate of drug-likeness (QED) is 0.358. The van der Waals surface area contributed by atoms with E-state index in [-0.39, 0.29) is 34.9 Å². The van der Waals surface area contributed by atoms with E-state index in [2.05, 4.69) is 31.5 Å². The Balaban J connectivity index is 1.24. The number of nitrogens with zero attached hydrogens (tertiary/aromatic N) is 1. The van der Waals surface area contributed by atoms with Crippen LogP contribution in [-0.4, -0.2) is 54.1 Å². The maximum Gasteiger partial charge on any atom is 0.481 e. The number of carbonyl (C=O) groups is 2. The Morgan fingerprint density at radius 1 is 1.21 bits per heavy atom. The number of likely N-dealkylation sites (tertiary alicyclic amines) is 1. The Labute approximate surface area is 196 Å². The molecule has 3 aliphatic carbocycles. The van der Waals surface area contributed by atoms with Crippen molar-refractivity contribution in [2.75, 3.05) is 12.0 Å². The average molecular weight is 454 g/mol. The van der Waals surface area contributed by atoms with E-state index in [0.717, 1.165) is 19.3 Å². The first-order valence-corrected chi connectivity index (χ1v) is 12.2. The van der Waals surface area contributed by atoms with E-state index in [1.807, 2.05) is 4.90 Å². The van der Waals surface area contributed by atoms with Gasteiger partial charge in [-0.05, 0) is 81.0 Å². The summed E-state index contributed by atoms with van der Waals surface area (Å²) < 4.78 is 13.1. The molecule has 8 nitrogen and oxygen atoms in total. The number of hydrogen-bond acceptors (Lipinski definition) is 6. The highest BCUT2D eigenvalue weighted by molar-refractivity contribution is 6.48. The molecule has 2 aliphatic heterocycles. The molecule has 2 bridgehead atoms. The molecule has 178 valence electrons. The Morgan fingerprint density at radius 2 is 1.94 bits per heavy atom. The third-order valence-electron chi connectivity index (χ3n) is 8.90. The Morgan fingerprint density at radius 3 is 2.61 bits per heavy atom. The molecule has 1 aromatic rings. The SMILES string of the molecule is C[C@@H](NC(=O)c1ccc(NN)cc1)C(=O)N1CCC[C@H]1B1OC2C[C@@H]3C[C@@H](C3(C)C)[C@]2(C)O1. The van der Waals surface area contributed by atoms with Crippen LogP contribution in [0.1, 0.15) is 63.7 Å². The summed E-state index contributed by atoms with van der Waals surface area (Å²) in [4.78, 5) is 27.8. The summed E-state index contributed by atoms with van der Waals surface area (Å²) in [6.45, 7) is 9.29. The van der Waals surface area contributed by atoms with Gasteiger partial charge in [-0.2, -0.15) is 0 Å². The number of benzene rings is 1. The van der Waals surface area contributed by atoms with Gasteiger partial charge in [-0.3, -0.25) is 15.4 Å². The highest BCUT2D eigenvalue weighted by Gasteiger charge is 2.69. The van der Waals surface area contributed by atoms with E-state index >= 15 is 0 Å². The molecular weight excluding hydrogens is 419 g/mol. The molecule has 5 aliphatic rings. The van der Waals surface area contributed by atoms with E-state index in [1.165, 1.54) is 6.42 Å². The first kappa shape index (κ1) is 22.7. The number of nitrogens with two attached hydrogens (primary N) is 1. The third kappa shape index (κ3) is 3.56. The predicted octanol–water partition coefficient (Wildman–Crippen LogP) is 2.35. The molecule has 2 amide bonds. The predicted molar refractivity (Wildman–Crippen MR) is 126 cm³/mol. The maximum atomic E-state index is 13.3. The van der Waals surface area contributed by atoms with Crippen molar-refractivity contribution in [2.45, 2.75) is 77.1 Å². The summed E-state index contributed by atoms with van der Waals surface area (Å²) in [5, 5.41) is 2.84. The largest absolute Gasteiger partial charge is 0.481 e. The molecule has 0 spiro atoms. The topological polar surface area (TPSA) is 106 Å². The number of nitrogen functional groups attached to an aromatic ring is 1. The number of hydrazine groups is 1. The smallest absolute Gasteiger partial charge is 0.404 e. The van der Waals surface area contributed by atoms with Gasteiger partial charge in [0.05, 0.1) is 17.6 Å². The number of amides is 2. The fourth-order valence-electron chi connectivity index (χ4n) is 6.72. The molecule has 4 N–H and O–H groups in total. The molecule has 2 saturated heterocycles. The minimum Gasteiger partial charge on any atom is -0.404 e. The number of carbonyl (C=O) groups excluding carboxylic acids is 2. The number of hydrogen-bond donors (Lipinski definition) is 3. The summed E-state index contributed by atoms with van der Waals surface area (Å²) in [5.41, 5.74) is 3.72. The highest BCUT2D eigenvalue weighted by atomic mass is 16.7. The molecule has 1 unspecified atom stereocenters. The van der Waals surface area contributed by atoms with E-state index < -0.39 is 13.2 Å². The normalized spacial score (nSPS) is 34.9. The van der Waals surface area contributed by atoms with Gasteiger partial charge >= 0.3 is 7.12 Å². The zero-order valence-electron chi connectivity index (χ0n) is 20.0. The van der Waals surface area contributed by atoms with Crippen molar-refractivity contribution >= 4 is 24.6 Å². The maximum absolute atomic E-state index is 13.3. The third-order valence-corrected chi connectivity index (χ3v) is 8.90. The number of rotatable bonds is 5. The molecule has 33 heavy (non-hydrogen) atoms. The van der Waals surface area contributed by atoms with Crippen LogP contribution in [0.3, 0.4) is 0 Å². The summed E-state index contributed by atoms with van der Waals surface area (Å²) in [7, 11) is -0.402. The second kappa shape index (κ2) is 7.99. The monoisotopic (exact) mass is 454 g/mol. The molecule has 2 heterocycles. The Hall–Kier alpha value is -2.10. The lowest BCUT2D eigenvalue weighted by Gasteiger charge is -2.64. The van der Waals surface area contributed by atoms with Crippen LogP contribution in [0.15, 0.2) is 24.3 Å². The Bertz CT molecular complexity index is 941. The van der Waals surface area contributed by atoms with Crippen molar-refractivity contribution in [3.63, 3.8) is 0 Å². The standard InChI is InChI=1S/C24H35BN4O4/c1-14(27-21(30)15-7-9-17(28-26)10-8-15)22(31)29-11-5-6-20(29)25-32-19-13-16-12-18(23(16,2)3)24(19,4)33-25/h7-10,14,16,18-20,28H,5-6,11-13,26H2,1-4H3,(H,27,30)/t14-,16+,18+,19?,20+,24+/m1/s1. The van der Waals surface area contributed by atoms with E-state index in [1.54, 1.807) is 31.2 Å². The highest BCUT2D eigenvalue weighted by Crippen LogP contribution is 2.65. The number of nitrogens with one attached hydrogen (secondary N) is 2. The first-order chi connectivity index (χ1) is 15.6. The van der Waals surface area contributed by atoms with Crippen molar-refractivity contribution in [3.05, 3.63) is 29.8 Å². The van der Waals surface area contributed by atoms with Crippen LogP contribution < -0.4 is 16.6 Å². The molecule has 6 atom stereocenters. The van der Waals surface area contributed by atoms with E-state index in [4.69, 9.17) is 15.2 Å². The lowest BCUT2D eigenvalue weighted by molar-refractivity contribution is -0.199. The lowest BCUT2D eigenvalue weighted by atomic mass is 9.43. The minimum atomic E-state index is -0.642. The van der Waals surface area contributed by atoms with E-state index in [0.29, 0.717) is 29.6 Å².